The maximum atomic E-state index is 12.1. The molecule has 0 fully saturated rings. The highest BCUT2D eigenvalue weighted by atomic mass is 35.5. The van der Waals surface area contributed by atoms with Crippen molar-refractivity contribution in [3.63, 3.8) is 0 Å². The molecule has 2 aromatic rings. The van der Waals surface area contributed by atoms with Crippen molar-refractivity contribution in [1.29, 1.82) is 0 Å². The average molecular weight is 290 g/mol. The van der Waals surface area contributed by atoms with Crippen molar-refractivity contribution < 1.29 is 9.53 Å². The molecule has 0 unspecified atom stereocenters. The highest BCUT2D eigenvalue weighted by Gasteiger charge is 2.19. The Morgan fingerprint density at radius 1 is 1.20 bits per heavy atom. The quantitative estimate of drug-likeness (QED) is 0.771. The van der Waals surface area contributed by atoms with Gasteiger partial charge in [-0.2, -0.15) is 0 Å². The van der Waals surface area contributed by atoms with Crippen molar-refractivity contribution in [2.24, 2.45) is 0 Å². The van der Waals surface area contributed by atoms with Gasteiger partial charge in [0, 0.05) is 11.8 Å². The molecule has 0 radical (unpaired) electrons. The van der Waals surface area contributed by atoms with E-state index in [2.05, 4.69) is 4.98 Å². The molecule has 1 aromatic carbocycles. The van der Waals surface area contributed by atoms with E-state index in [4.69, 9.17) is 16.3 Å². The SMILES string of the molecule is CC(C)(C)OC(=O)c1ccc(Cl)c(-c2ccccn2)c1. The van der Waals surface area contributed by atoms with E-state index in [-0.39, 0.29) is 5.97 Å². The van der Waals surface area contributed by atoms with E-state index in [0.717, 1.165) is 11.3 Å². The molecule has 1 heterocycles. The molecular weight excluding hydrogens is 274 g/mol. The summed E-state index contributed by atoms with van der Waals surface area (Å²) < 4.78 is 5.35. The van der Waals surface area contributed by atoms with Crippen LogP contribution in [0.5, 0.6) is 0 Å². The molecule has 0 bridgehead atoms. The monoisotopic (exact) mass is 289 g/mol. The molecule has 0 saturated carbocycles. The second kappa shape index (κ2) is 5.63. The highest BCUT2D eigenvalue weighted by molar-refractivity contribution is 6.33. The summed E-state index contributed by atoms with van der Waals surface area (Å²) in [5.74, 6) is -0.369. The molecule has 0 saturated heterocycles. The minimum atomic E-state index is -0.526. The van der Waals surface area contributed by atoms with Crippen LogP contribution in [0.2, 0.25) is 5.02 Å². The van der Waals surface area contributed by atoms with Gasteiger partial charge in [-0.1, -0.05) is 17.7 Å². The molecule has 1 aromatic heterocycles. The summed E-state index contributed by atoms with van der Waals surface area (Å²) in [5, 5.41) is 0.552. The van der Waals surface area contributed by atoms with Crippen molar-refractivity contribution in [2.45, 2.75) is 26.4 Å². The fraction of sp³-hybridized carbons (Fsp3) is 0.250. The maximum absolute atomic E-state index is 12.1. The number of hydrogen-bond acceptors (Lipinski definition) is 3. The predicted molar refractivity (Wildman–Crippen MR) is 79.9 cm³/mol. The van der Waals surface area contributed by atoms with Gasteiger partial charge >= 0.3 is 5.97 Å². The number of carbonyl (C=O) groups excluding carboxylic acids is 1. The third-order valence-corrected chi connectivity index (χ3v) is 2.87. The Bertz CT molecular complexity index is 618. The molecule has 4 heteroatoms. The zero-order valence-electron chi connectivity index (χ0n) is 11.7. The Kier molecular flexibility index (Phi) is 4.09. The summed E-state index contributed by atoms with van der Waals surface area (Å²) in [6.45, 7) is 5.50. The molecule has 20 heavy (non-hydrogen) atoms. The molecule has 0 atom stereocenters. The molecule has 0 aliphatic carbocycles. The zero-order valence-corrected chi connectivity index (χ0v) is 12.4. The largest absolute Gasteiger partial charge is 0.456 e. The van der Waals surface area contributed by atoms with Gasteiger partial charge in [0.1, 0.15) is 5.60 Å². The first-order valence-electron chi connectivity index (χ1n) is 6.31. The zero-order chi connectivity index (χ0) is 14.8. The van der Waals surface area contributed by atoms with Gasteiger partial charge in [0.2, 0.25) is 0 Å². The number of ether oxygens (including phenoxy) is 1. The molecule has 0 aliphatic heterocycles. The van der Waals surface area contributed by atoms with Crippen LogP contribution < -0.4 is 0 Å². The van der Waals surface area contributed by atoms with Gasteiger partial charge in [-0.25, -0.2) is 4.79 Å². The summed E-state index contributed by atoms with van der Waals surface area (Å²) in [4.78, 5) is 16.3. The highest BCUT2D eigenvalue weighted by Crippen LogP contribution is 2.28. The van der Waals surface area contributed by atoms with Crippen LogP contribution in [0.4, 0.5) is 0 Å². The van der Waals surface area contributed by atoms with Gasteiger partial charge in [-0.3, -0.25) is 4.98 Å². The van der Waals surface area contributed by atoms with E-state index in [9.17, 15) is 4.79 Å². The second-order valence-electron chi connectivity index (χ2n) is 5.41. The van der Waals surface area contributed by atoms with Crippen LogP contribution in [-0.2, 0) is 4.74 Å². The van der Waals surface area contributed by atoms with Crippen molar-refractivity contribution in [2.75, 3.05) is 0 Å². The lowest BCUT2D eigenvalue weighted by atomic mass is 10.1. The number of hydrogen-bond donors (Lipinski definition) is 0. The molecule has 104 valence electrons. The third kappa shape index (κ3) is 3.58. The van der Waals surface area contributed by atoms with Crippen LogP contribution in [0.1, 0.15) is 31.1 Å². The molecule has 3 nitrogen and oxygen atoms in total. The fourth-order valence-corrected chi connectivity index (χ4v) is 1.92. The fourth-order valence-electron chi connectivity index (χ4n) is 1.71. The number of nitrogens with zero attached hydrogens (tertiary/aromatic N) is 1. The topological polar surface area (TPSA) is 39.2 Å². The molecule has 0 spiro atoms. The predicted octanol–water partition coefficient (Wildman–Crippen LogP) is 4.36. The Hall–Kier alpha value is -1.87. The van der Waals surface area contributed by atoms with Gasteiger partial charge in [-0.05, 0) is 51.1 Å². The number of rotatable bonds is 2. The molecular formula is C16H16ClNO2. The van der Waals surface area contributed by atoms with Crippen molar-refractivity contribution in [1.82, 2.24) is 4.98 Å². The lowest BCUT2D eigenvalue weighted by Crippen LogP contribution is -2.23. The van der Waals surface area contributed by atoms with E-state index in [1.165, 1.54) is 0 Å². The normalized spacial score (nSPS) is 11.2. The number of aromatic nitrogens is 1. The Labute approximate surface area is 123 Å². The van der Waals surface area contributed by atoms with E-state index in [1.807, 2.05) is 39.0 Å². The van der Waals surface area contributed by atoms with Crippen LogP contribution in [-0.4, -0.2) is 16.6 Å². The lowest BCUT2D eigenvalue weighted by Gasteiger charge is -2.19. The van der Waals surface area contributed by atoms with Crippen LogP contribution >= 0.6 is 11.6 Å². The summed E-state index contributed by atoms with van der Waals surface area (Å²) in [6.07, 6.45) is 1.69. The number of benzene rings is 1. The summed E-state index contributed by atoms with van der Waals surface area (Å²) >= 11 is 6.18. The number of carbonyl (C=O) groups is 1. The maximum Gasteiger partial charge on any atom is 0.338 e. The van der Waals surface area contributed by atoms with Gasteiger partial charge in [0.05, 0.1) is 16.3 Å². The minimum Gasteiger partial charge on any atom is -0.456 e. The van der Waals surface area contributed by atoms with E-state index in [1.54, 1.807) is 24.4 Å². The molecule has 0 amide bonds. The third-order valence-electron chi connectivity index (χ3n) is 2.54. The Balaban J connectivity index is 2.37. The van der Waals surface area contributed by atoms with Crippen LogP contribution in [0, 0.1) is 0 Å². The Morgan fingerprint density at radius 3 is 2.55 bits per heavy atom. The van der Waals surface area contributed by atoms with Crippen LogP contribution in [0.25, 0.3) is 11.3 Å². The first-order chi connectivity index (χ1) is 9.37. The van der Waals surface area contributed by atoms with Crippen LogP contribution in [0.15, 0.2) is 42.6 Å². The van der Waals surface area contributed by atoms with E-state index >= 15 is 0 Å². The van der Waals surface area contributed by atoms with Gasteiger partial charge in [0.25, 0.3) is 0 Å². The minimum absolute atomic E-state index is 0.369. The van der Waals surface area contributed by atoms with Crippen LogP contribution in [0.3, 0.4) is 0 Å². The number of pyridine rings is 1. The summed E-state index contributed by atoms with van der Waals surface area (Å²) in [6, 6.07) is 10.6. The number of esters is 1. The van der Waals surface area contributed by atoms with Gasteiger partial charge < -0.3 is 4.74 Å². The van der Waals surface area contributed by atoms with Crippen molar-refractivity contribution >= 4 is 17.6 Å². The summed E-state index contributed by atoms with van der Waals surface area (Å²) in [5.41, 5.74) is 1.38. The van der Waals surface area contributed by atoms with E-state index in [0.29, 0.717) is 10.6 Å². The summed E-state index contributed by atoms with van der Waals surface area (Å²) in [7, 11) is 0. The Morgan fingerprint density at radius 2 is 1.95 bits per heavy atom. The smallest absolute Gasteiger partial charge is 0.338 e. The van der Waals surface area contributed by atoms with Crippen molar-refractivity contribution in [3.8, 4) is 11.3 Å². The average Bonchev–Trinajstić information content (AvgIpc) is 2.38. The standard InChI is InChI=1S/C16H16ClNO2/c1-16(2,3)20-15(19)11-7-8-13(17)12(10-11)14-6-4-5-9-18-14/h4-10H,1-3H3. The second-order valence-corrected chi connectivity index (χ2v) is 5.82. The lowest BCUT2D eigenvalue weighted by molar-refractivity contribution is 0.00696. The molecule has 0 aliphatic rings. The van der Waals surface area contributed by atoms with Crippen molar-refractivity contribution in [3.05, 3.63) is 53.2 Å². The van der Waals surface area contributed by atoms with Gasteiger partial charge in [-0.15, -0.1) is 0 Å². The van der Waals surface area contributed by atoms with E-state index < -0.39 is 5.60 Å². The molecule has 2 rings (SSSR count). The first-order valence-corrected chi connectivity index (χ1v) is 6.69. The van der Waals surface area contributed by atoms with Gasteiger partial charge in [0.15, 0.2) is 0 Å². The first kappa shape index (κ1) is 14.5. The number of halogens is 1. The molecule has 0 N–H and O–H groups in total.